The van der Waals surface area contributed by atoms with Crippen LogP contribution in [0.15, 0.2) is 90.6 Å². The van der Waals surface area contributed by atoms with E-state index in [2.05, 4.69) is 51.4 Å². The third kappa shape index (κ3) is 6.18. The fourth-order valence-corrected chi connectivity index (χ4v) is 3.78. The maximum absolute atomic E-state index is 6.11. The van der Waals surface area contributed by atoms with Crippen LogP contribution in [0.4, 0.5) is 11.5 Å². The maximum Gasteiger partial charge on any atom is 0.139 e. The topological polar surface area (TPSA) is 68.0 Å². The predicted octanol–water partition coefficient (Wildman–Crippen LogP) is 6.55. The molecule has 5 nitrogen and oxygen atoms in total. The zero-order valence-electron chi connectivity index (χ0n) is 18.7. The minimum absolute atomic E-state index is 0.614. The molecular formula is C27H28ClN5. The van der Waals surface area contributed by atoms with Crippen LogP contribution in [0.3, 0.4) is 0 Å². The van der Waals surface area contributed by atoms with E-state index in [0.717, 1.165) is 52.7 Å². The van der Waals surface area contributed by atoms with Gasteiger partial charge in [0.1, 0.15) is 5.82 Å². The Kier molecular flexibility index (Phi) is 7.33. The van der Waals surface area contributed by atoms with E-state index in [-0.39, 0.29) is 0 Å². The number of hydrogen-bond acceptors (Lipinski definition) is 3. The lowest BCUT2D eigenvalue weighted by Crippen LogP contribution is -2.15. The molecule has 0 aliphatic rings. The van der Waals surface area contributed by atoms with Crippen molar-refractivity contribution in [3.05, 3.63) is 113 Å². The highest BCUT2D eigenvalue weighted by atomic mass is 35.5. The van der Waals surface area contributed by atoms with E-state index in [4.69, 9.17) is 16.6 Å². The van der Waals surface area contributed by atoms with Crippen molar-refractivity contribution in [3.8, 4) is 0 Å². The van der Waals surface area contributed by atoms with Crippen LogP contribution in [-0.4, -0.2) is 22.2 Å². The van der Waals surface area contributed by atoms with Gasteiger partial charge in [-0.05, 0) is 48.9 Å². The average molecular weight is 458 g/mol. The fourth-order valence-electron chi connectivity index (χ4n) is 3.59. The van der Waals surface area contributed by atoms with Crippen molar-refractivity contribution < 1.29 is 0 Å². The van der Waals surface area contributed by atoms with Gasteiger partial charge in [0.25, 0.3) is 0 Å². The van der Waals surface area contributed by atoms with Gasteiger partial charge in [-0.2, -0.15) is 0 Å². The largest absolute Gasteiger partial charge is 0.385 e. The molecule has 0 atom stereocenters. The summed E-state index contributed by atoms with van der Waals surface area (Å²) in [6.45, 7) is 7.69. The van der Waals surface area contributed by atoms with Gasteiger partial charge in [0.05, 0.1) is 6.54 Å². The third-order valence-corrected chi connectivity index (χ3v) is 5.59. The van der Waals surface area contributed by atoms with Gasteiger partial charge >= 0.3 is 0 Å². The van der Waals surface area contributed by atoms with Crippen LogP contribution in [-0.2, 0) is 13.0 Å². The quantitative estimate of drug-likeness (QED) is 0.204. The number of nitrogens with one attached hydrogen (secondary N) is 4. The highest BCUT2D eigenvalue weighted by Gasteiger charge is 2.12. The maximum atomic E-state index is 6.11. The Morgan fingerprint density at radius 3 is 2.61 bits per heavy atom. The Bertz CT molecular complexity index is 1220. The molecule has 168 valence electrons. The Morgan fingerprint density at radius 1 is 1.00 bits per heavy atom. The summed E-state index contributed by atoms with van der Waals surface area (Å²) in [5.41, 5.74) is 6.98. The molecule has 6 heteroatoms. The number of halogens is 1. The molecule has 0 saturated heterocycles. The number of benzene rings is 2. The minimum atomic E-state index is 0.614. The fraction of sp³-hybridized carbons (Fsp3) is 0.148. The molecule has 2 heterocycles. The van der Waals surface area contributed by atoms with Crippen LogP contribution in [0.5, 0.6) is 0 Å². The molecule has 0 aliphatic heterocycles. The molecule has 0 saturated carbocycles. The van der Waals surface area contributed by atoms with Crippen molar-refractivity contribution in [2.75, 3.05) is 11.9 Å². The van der Waals surface area contributed by atoms with Gasteiger partial charge in [-0.25, -0.2) is 4.99 Å². The van der Waals surface area contributed by atoms with E-state index in [1.807, 2.05) is 61.7 Å². The number of aromatic nitrogens is 2. The number of rotatable bonds is 10. The first kappa shape index (κ1) is 22.5. The molecule has 0 aliphatic carbocycles. The molecule has 2 aromatic carbocycles. The second-order valence-electron chi connectivity index (χ2n) is 7.83. The van der Waals surface area contributed by atoms with E-state index >= 15 is 0 Å². The Morgan fingerprint density at radius 2 is 1.85 bits per heavy atom. The van der Waals surface area contributed by atoms with Crippen LogP contribution >= 0.6 is 11.6 Å². The highest BCUT2D eigenvalue weighted by molar-refractivity contribution is 6.30. The normalized spacial score (nSPS) is 11.4. The van der Waals surface area contributed by atoms with E-state index in [9.17, 15) is 0 Å². The minimum Gasteiger partial charge on any atom is -0.385 e. The average Bonchev–Trinajstić information content (AvgIpc) is 3.48. The summed E-state index contributed by atoms with van der Waals surface area (Å²) in [6.07, 6.45) is 2.83. The summed E-state index contributed by atoms with van der Waals surface area (Å²) in [5, 5.41) is 7.56. The van der Waals surface area contributed by atoms with Gasteiger partial charge in [-0.3, -0.25) is 0 Å². The molecule has 4 aromatic rings. The summed E-state index contributed by atoms with van der Waals surface area (Å²) in [6, 6.07) is 24.1. The van der Waals surface area contributed by atoms with E-state index < -0.39 is 0 Å². The van der Waals surface area contributed by atoms with E-state index in [1.54, 1.807) is 0 Å². The molecule has 0 bridgehead atoms. The molecule has 0 unspecified atom stereocenters. The van der Waals surface area contributed by atoms with Gasteiger partial charge in [0, 0.05) is 58.2 Å². The summed E-state index contributed by atoms with van der Waals surface area (Å²) in [5.74, 6) is 0.789. The summed E-state index contributed by atoms with van der Waals surface area (Å²) >= 11 is 6.11. The SMILES string of the molecule is C=C(NCCc1ccc[nH]1)c1cc(CNc2cccc(Cl)c2)[nH]c1/N=C(\C)c1ccccc1. The number of aromatic amines is 2. The van der Waals surface area contributed by atoms with E-state index in [1.165, 1.54) is 5.69 Å². The Hall–Kier alpha value is -3.70. The number of H-pyrrole nitrogens is 2. The molecule has 0 fully saturated rings. The summed E-state index contributed by atoms with van der Waals surface area (Å²) in [7, 11) is 0. The second kappa shape index (κ2) is 10.7. The van der Waals surface area contributed by atoms with Crippen LogP contribution in [0.25, 0.3) is 5.70 Å². The van der Waals surface area contributed by atoms with Crippen LogP contribution in [0.1, 0.15) is 29.4 Å². The zero-order chi connectivity index (χ0) is 23.0. The van der Waals surface area contributed by atoms with Crippen molar-refractivity contribution in [1.82, 2.24) is 15.3 Å². The summed E-state index contributed by atoms with van der Waals surface area (Å²) in [4.78, 5) is 11.6. The highest BCUT2D eigenvalue weighted by Crippen LogP contribution is 2.27. The van der Waals surface area contributed by atoms with Crippen LogP contribution in [0, 0.1) is 0 Å². The standard InChI is InChI=1S/C27H28ClN5/c1-19(21-8-4-3-5-9-21)32-27-26(20(2)29-15-13-23-12-7-14-30-23)17-25(33-27)18-31-24-11-6-10-22(28)16-24/h3-12,14,16-17,29-31,33H,2,13,15,18H2,1H3/b32-19+. The zero-order valence-corrected chi connectivity index (χ0v) is 19.4. The number of anilines is 1. The molecule has 2 aromatic heterocycles. The first-order valence-corrected chi connectivity index (χ1v) is 11.3. The molecule has 0 spiro atoms. The van der Waals surface area contributed by atoms with Crippen molar-refractivity contribution in [2.45, 2.75) is 19.9 Å². The van der Waals surface area contributed by atoms with Gasteiger partial charge in [0.15, 0.2) is 0 Å². The third-order valence-electron chi connectivity index (χ3n) is 5.35. The monoisotopic (exact) mass is 457 g/mol. The lowest BCUT2D eigenvalue weighted by molar-refractivity contribution is 0.832. The molecule has 4 rings (SSSR count). The molecule has 4 N–H and O–H groups in total. The van der Waals surface area contributed by atoms with Crippen molar-refractivity contribution >= 4 is 34.5 Å². The van der Waals surface area contributed by atoms with Gasteiger partial charge < -0.3 is 20.6 Å². The Balaban J connectivity index is 1.53. The van der Waals surface area contributed by atoms with E-state index in [0.29, 0.717) is 11.6 Å². The molecule has 0 amide bonds. The lowest BCUT2D eigenvalue weighted by Gasteiger charge is -2.09. The molecule has 33 heavy (non-hydrogen) atoms. The van der Waals surface area contributed by atoms with Crippen LogP contribution in [0.2, 0.25) is 5.02 Å². The predicted molar refractivity (Wildman–Crippen MR) is 139 cm³/mol. The smallest absolute Gasteiger partial charge is 0.139 e. The number of hydrogen-bond donors (Lipinski definition) is 4. The van der Waals surface area contributed by atoms with Gasteiger partial charge in [0.2, 0.25) is 0 Å². The van der Waals surface area contributed by atoms with Gasteiger partial charge in [-0.1, -0.05) is 54.6 Å². The second-order valence-corrected chi connectivity index (χ2v) is 8.27. The lowest BCUT2D eigenvalue weighted by atomic mass is 10.1. The van der Waals surface area contributed by atoms with Gasteiger partial charge in [-0.15, -0.1) is 0 Å². The first-order chi connectivity index (χ1) is 16.1. The van der Waals surface area contributed by atoms with Crippen molar-refractivity contribution in [3.63, 3.8) is 0 Å². The molecular weight excluding hydrogens is 430 g/mol. The van der Waals surface area contributed by atoms with Crippen molar-refractivity contribution in [1.29, 1.82) is 0 Å². The summed E-state index contributed by atoms with van der Waals surface area (Å²) < 4.78 is 0. The van der Waals surface area contributed by atoms with Crippen LogP contribution < -0.4 is 10.6 Å². The first-order valence-electron chi connectivity index (χ1n) is 11.0. The number of aliphatic imine (C=N–C) groups is 1. The number of nitrogens with zero attached hydrogens (tertiary/aromatic N) is 1. The van der Waals surface area contributed by atoms with Crippen molar-refractivity contribution in [2.24, 2.45) is 4.99 Å². The molecule has 0 radical (unpaired) electrons. The Labute approximate surface area is 199 Å².